The monoisotopic (exact) mass is 349 g/mol. The lowest BCUT2D eigenvalue weighted by atomic mass is 10.1. The average molecular weight is 350 g/mol. The molecule has 0 amide bonds. The lowest BCUT2D eigenvalue weighted by Crippen LogP contribution is -2.45. The molecule has 0 aliphatic carbocycles. The number of halogens is 1. The minimum atomic E-state index is 0. The van der Waals surface area contributed by atoms with E-state index in [1.54, 1.807) is 0 Å². The van der Waals surface area contributed by atoms with Crippen molar-refractivity contribution in [1.82, 2.24) is 9.88 Å². The number of para-hydroxylation sites is 1. The van der Waals surface area contributed by atoms with Gasteiger partial charge in [-0.1, -0.05) is 18.2 Å². The highest BCUT2D eigenvalue weighted by atomic mass is 35.5. The van der Waals surface area contributed by atoms with Gasteiger partial charge in [0.2, 0.25) is 0 Å². The Kier molecular flexibility index (Phi) is 5.13. The second-order valence-electron chi connectivity index (χ2n) is 6.56. The summed E-state index contributed by atoms with van der Waals surface area (Å²) in [6, 6.07) is 8.72. The first-order chi connectivity index (χ1) is 11.2. The van der Waals surface area contributed by atoms with Crippen LogP contribution >= 0.6 is 12.4 Å². The van der Waals surface area contributed by atoms with Gasteiger partial charge >= 0.3 is 0 Å². The molecule has 1 N–H and O–H groups in total. The van der Waals surface area contributed by atoms with E-state index in [1.807, 2.05) is 25.1 Å². The van der Waals surface area contributed by atoms with Crippen LogP contribution in [0, 0.1) is 6.92 Å². The molecule has 130 valence electrons. The fourth-order valence-electron chi connectivity index (χ4n) is 3.81. The van der Waals surface area contributed by atoms with E-state index in [1.165, 1.54) is 0 Å². The highest BCUT2D eigenvalue weighted by molar-refractivity contribution is 5.85. The first-order valence-corrected chi connectivity index (χ1v) is 8.42. The number of fused-ring (bicyclic) bond motifs is 1. The Hall–Kier alpha value is -1.56. The number of aromatic nitrogens is 1. The largest absolute Gasteiger partial charge is 0.379 e. The van der Waals surface area contributed by atoms with Gasteiger partial charge in [0.1, 0.15) is 5.69 Å². The predicted octanol–water partition coefficient (Wildman–Crippen LogP) is 2.17. The molecule has 1 aromatic heterocycles. The summed E-state index contributed by atoms with van der Waals surface area (Å²) in [6.07, 6.45) is 1.12. The number of anilines is 1. The number of nitrogens with one attached hydrogen (secondary N) is 1. The molecular formula is C18H24ClN3O2. The van der Waals surface area contributed by atoms with Crippen molar-refractivity contribution in [2.45, 2.75) is 19.4 Å². The highest BCUT2D eigenvalue weighted by Gasteiger charge is 2.29. The van der Waals surface area contributed by atoms with Crippen LogP contribution in [0.2, 0.25) is 0 Å². The van der Waals surface area contributed by atoms with Crippen LogP contribution in [0.15, 0.2) is 29.1 Å². The molecule has 3 heterocycles. The van der Waals surface area contributed by atoms with Gasteiger partial charge < -0.3 is 14.6 Å². The Morgan fingerprint density at radius 3 is 2.79 bits per heavy atom. The van der Waals surface area contributed by atoms with E-state index in [0.717, 1.165) is 68.0 Å². The van der Waals surface area contributed by atoms with Crippen molar-refractivity contribution in [3.8, 4) is 0 Å². The minimum Gasteiger partial charge on any atom is -0.379 e. The minimum absolute atomic E-state index is 0. The van der Waals surface area contributed by atoms with Crippen molar-refractivity contribution in [1.29, 1.82) is 0 Å². The highest BCUT2D eigenvalue weighted by Crippen LogP contribution is 2.24. The second kappa shape index (κ2) is 7.13. The molecule has 1 unspecified atom stereocenters. The van der Waals surface area contributed by atoms with Crippen molar-refractivity contribution < 1.29 is 4.74 Å². The molecule has 4 rings (SSSR count). The number of aryl methyl sites for hydroxylation is 1. The van der Waals surface area contributed by atoms with Crippen LogP contribution in [0.5, 0.6) is 0 Å². The maximum atomic E-state index is 12.5. The Bertz CT molecular complexity index is 770. The fraction of sp³-hybridized carbons (Fsp3) is 0.500. The van der Waals surface area contributed by atoms with Crippen molar-refractivity contribution >= 4 is 29.0 Å². The summed E-state index contributed by atoms with van der Waals surface area (Å²) in [4.78, 5) is 20.3. The van der Waals surface area contributed by atoms with Gasteiger partial charge in [0.25, 0.3) is 5.56 Å². The smallest absolute Gasteiger partial charge is 0.271 e. The zero-order chi connectivity index (χ0) is 15.8. The standard InChI is InChI=1S/C18H23N3O2.ClH/c1-13-3-2-4-14-11-16(18(22)19-17(13)14)21-6-5-15(12-21)20-7-9-23-10-8-20;/h2-4,11,15H,5-10,12H2,1H3,(H,19,22);1H. The third-order valence-corrected chi connectivity index (χ3v) is 5.13. The quantitative estimate of drug-likeness (QED) is 0.902. The normalized spacial score (nSPS) is 21.9. The first kappa shape index (κ1) is 17.3. The molecule has 2 saturated heterocycles. The summed E-state index contributed by atoms with van der Waals surface area (Å²) in [5, 5.41) is 1.11. The van der Waals surface area contributed by atoms with Gasteiger partial charge in [-0.2, -0.15) is 0 Å². The zero-order valence-electron chi connectivity index (χ0n) is 14.0. The van der Waals surface area contributed by atoms with Gasteiger partial charge in [-0.05, 0) is 25.0 Å². The molecule has 2 aliphatic heterocycles. The van der Waals surface area contributed by atoms with Gasteiger partial charge in [-0.25, -0.2) is 0 Å². The van der Waals surface area contributed by atoms with Crippen molar-refractivity contribution in [2.75, 3.05) is 44.3 Å². The summed E-state index contributed by atoms with van der Waals surface area (Å²) in [5.74, 6) is 0. The molecule has 6 heteroatoms. The number of benzene rings is 1. The molecular weight excluding hydrogens is 326 g/mol. The fourth-order valence-corrected chi connectivity index (χ4v) is 3.81. The SMILES string of the molecule is Cc1cccc2cc(N3CCC(N4CCOCC4)C3)c(=O)[nH]c12.Cl. The number of aromatic amines is 1. The molecule has 2 aromatic rings. The zero-order valence-corrected chi connectivity index (χ0v) is 14.8. The molecule has 0 radical (unpaired) electrons. The van der Waals surface area contributed by atoms with Gasteiger partial charge in [0, 0.05) is 37.6 Å². The van der Waals surface area contributed by atoms with Gasteiger partial charge in [0.05, 0.1) is 18.7 Å². The number of hydrogen-bond acceptors (Lipinski definition) is 4. The second-order valence-corrected chi connectivity index (χ2v) is 6.56. The van der Waals surface area contributed by atoms with Crippen molar-refractivity contribution in [3.05, 3.63) is 40.2 Å². The van der Waals surface area contributed by atoms with Gasteiger partial charge in [-0.15, -0.1) is 12.4 Å². The molecule has 2 fully saturated rings. The van der Waals surface area contributed by atoms with Crippen LogP contribution in [0.25, 0.3) is 10.9 Å². The Morgan fingerprint density at radius 2 is 2.00 bits per heavy atom. The molecule has 1 aromatic carbocycles. The number of rotatable bonds is 2. The maximum Gasteiger partial charge on any atom is 0.271 e. The number of morpholine rings is 1. The third kappa shape index (κ3) is 3.16. The van der Waals surface area contributed by atoms with Crippen LogP contribution < -0.4 is 10.5 Å². The Balaban J connectivity index is 0.00000169. The molecule has 5 nitrogen and oxygen atoms in total. The number of H-pyrrole nitrogens is 1. The molecule has 1 atom stereocenters. The summed E-state index contributed by atoms with van der Waals surface area (Å²) >= 11 is 0. The predicted molar refractivity (Wildman–Crippen MR) is 99.6 cm³/mol. The van der Waals surface area contributed by atoms with E-state index in [9.17, 15) is 4.79 Å². The van der Waals surface area contributed by atoms with Crippen LogP contribution in [0.4, 0.5) is 5.69 Å². The van der Waals surface area contributed by atoms with E-state index < -0.39 is 0 Å². The van der Waals surface area contributed by atoms with Crippen LogP contribution in [0.1, 0.15) is 12.0 Å². The van der Waals surface area contributed by atoms with Crippen LogP contribution in [-0.2, 0) is 4.74 Å². The molecule has 0 saturated carbocycles. The topological polar surface area (TPSA) is 48.6 Å². The summed E-state index contributed by atoms with van der Waals surface area (Å²) in [7, 11) is 0. The average Bonchev–Trinajstić information content (AvgIpc) is 3.06. The summed E-state index contributed by atoms with van der Waals surface area (Å²) in [5.41, 5.74) is 2.89. The summed E-state index contributed by atoms with van der Waals surface area (Å²) < 4.78 is 5.44. The number of hydrogen-bond donors (Lipinski definition) is 1. The lowest BCUT2D eigenvalue weighted by Gasteiger charge is -2.32. The van der Waals surface area contributed by atoms with E-state index in [2.05, 4.69) is 20.9 Å². The van der Waals surface area contributed by atoms with Gasteiger partial charge in [-0.3, -0.25) is 9.69 Å². The number of pyridine rings is 1. The van der Waals surface area contributed by atoms with Crippen molar-refractivity contribution in [2.24, 2.45) is 0 Å². The Morgan fingerprint density at radius 1 is 1.21 bits per heavy atom. The lowest BCUT2D eigenvalue weighted by molar-refractivity contribution is 0.0209. The van der Waals surface area contributed by atoms with Crippen molar-refractivity contribution in [3.63, 3.8) is 0 Å². The third-order valence-electron chi connectivity index (χ3n) is 5.13. The van der Waals surface area contributed by atoms with E-state index in [0.29, 0.717) is 6.04 Å². The van der Waals surface area contributed by atoms with E-state index >= 15 is 0 Å². The molecule has 2 aliphatic rings. The molecule has 24 heavy (non-hydrogen) atoms. The molecule has 0 bridgehead atoms. The van der Waals surface area contributed by atoms with Gasteiger partial charge in [0.15, 0.2) is 0 Å². The number of nitrogens with zero attached hydrogens (tertiary/aromatic N) is 2. The van der Waals surface area contributed by atoms with Crippen LogP contribution in [-0.4, -0.2) is 55.3 Å². The first-order valence-electron chi connectivity index (χ1n) is 8.42. The van der Waals surface area contributed by atoms with E-state index in [4.69, 9.17) is 4.74 Å². The molecule has 0 spiro atoms. The van der Waals surface area contributed by atoms with Crippen LogP contribution in [0.3, 0.4) is 0 Å². The number of ether oxygens (including phenoxy) is 1. The maximum absolute atomic E-state index is 12.5. The van der Waals surface area contributed by atoms with E-state index in [-0.39, 0.29) is 18.0 Å². The Labute approximate surface area is 148 Å². The summed E-state index contributed by atoms with van der Waals surface area (Å²) in [6.45, 7) is 7.57.